The maximum Gasteiger partial charge on any atom is 0.410 e. The first-order chi connectivity index (χ1) is 18.1. The average molecular weight is 519 g/mol. The molecule has 2 atom stereocenters. The van der Waals surface area contributed by atoms with Gasteiger partial charge in [-0.2, -0.15) is 5.10 Å². The summed E-state index contributed by atoms with van der Waals surface area (Å²) in [6, 6.07) is 6.56. The van der Waals surface area contributed by atoms with Gasteiger partial charge >= 0.3 is 6.09 Å². The second-order valence-corrected chi connectivity index (χ2v) is 12.1. The van der Waals surface area contributed by atoms with Crippen LogP contribution in [0.1, 0.15) is 69.3 Å². The van der Waals surface area contributed by atoms with Gasteiger partial charge in [0.2, 0.25) is 0 Å². The second kappa shape index (κ2) is 9.52. The quantitative estimate of drug-likeness (QED) is 0.487. The number of nitrogens with zero attached hydrogens (tertiary/aromatic N) is 6. The minimum absolute atomic E-state index is 0.218. The highest BCUT2D eigenvalue weighted by Gasteiger charge is 2.34. The lowest BCUT2D eigenvalue weighted by Gasteiger charge is -2.34. The number of likely N-dealkylation sites (tertiary alicyclic amines) is 1. The number of carbonyl (C=O) groups excluding carboxylic acids is 1. The monoisotopic (exact) mass is 518 g/mol. The standard InChI is InChI=1S/C29H38N6O3/c1-18-12-21-15-30-35(27-14-26(31-19(2)32-27)34-16-22-6-7-23(17-34)37-22)25(21)13-24(18)20-8-10-33(11-9-20)28(36)38-29(3,4)5/h12-15,20,22-23H,6-11,16-17H2,1-5H3. The molecule has 0 radical (unpaired) electrons. The summed E-state index contributed by atoms with van der Waals surface area (Å²) in [6.07, 6.45) is 6.37. The third-order valence-electron chi connectivity index (χ3n) is 7.94. The molecule has 2 aromatic heterocycles. The van der Waals surface area contributed by atoms with E-state index < -0.39 is 5.60 Å². The van der Waals surface area contributed by atoms with Gasteiger partial charge in [-0.25, -0.2) is 19.4 Å². The molecule has 3 aliphatic heterocycles. The largest absolute Gasteiger partial charge is 0.444 e. The van der Waals surface area contributed by atoms with Gasteiger partial charge < -0.3 is 19.3 Å². The molecule has 2 bridgehead atoms. The molecule has 0 aliphatic carbocycles. The SMILES string of the molecule is Cc1nc(N2CC3CCC(C2)O3)cc(-n2ncc3cc(C)c(C4CCN(C(=O)OC(C)(C)C)CC4)cc32)n1. The van der Waals surface area contributed by atoms with Crippen LogP contribution in [-0.4, -0.2) is 74.7 Å². The summed E-state index contributed by atoms with van der Waals surface area (Å²) >= 11 is 0. The van der Waals surface area contributed by atoms with E-state index in [9.17, 15) is 4.79 Å². The number of rotatable bonds is 3. The average Bonchev–Trinajstić information content (AvgIpc) is 3.43. The van der Waals surface area contributed by atoms with E-state index in [4.69, 9.17) is 24.5 Å². The number of morpholine rings is 1. The minimum atomic E-state index is -0.478. The predicted octanol–water partition coefficient (Wildman–Crippen LogP) is 4.91. The molecule has 3 fully saturated rings. The van der Waals surface area contributed by atoms with Crippen molar-refractivity contribution in [3.63, 3.8) is 0 Å². The molecule has 5 heterocycles. The van der Waals surface area contributed by atoms with Crippen molar-refractivity contribution in [3.05, 3.63) is 41.3 Å². The molecule has 38 heavy (non-hydrogen) atoms. The van der Waals surface area contributed by atoms with Gasteiger partial charge in [-0.15, -0.1) is 0 Å². The van der Waals surface area contributed by atoms with Crippen molar-refractivity contribution in [1.29, 1.82) is 0 Å². The predicted molar refractivity (Wildman–Crippen MR) is 146 cm³/mol. The van der Waals surface area contributed by atoms with E-state index in [-0.39, 0.29) is 6.09 Å². The highest BCUT2D eigenvalue weighted by Crippen LogP contribution is 2.34. The van der Waals surface area contributed by atoms with Gasteiger partial charge in [0.05, 0.1) is 23.9 Å². The van der Waals surface area contributed by atoms with Gasteiger partial charge in [-0.1, -0.05) is 0 Å². The number of anilines is 1. The van der Waals surface area contributed by atoms with Crippen LogP contribution >= 0.6 is 0 Å². The molecule has 2 unspecified atom stereocenters. The first kappa shape index (κ1) is 25.1. The van der Waals surface area contributed by atoms with Crippen LogP contribution in [0.2, 0.25) is 0 Å². The molecular formula is C29H38N6O3. The molecule has 9 heteroatoms. The third kappa shape index (κ3) is 4.96. The van der Waals surface area contributed by atoms with Crippen LogP contribution in [-0.2, 0) is 9.47 Å². The number of fused-ring (bicyclic) bond motifs is 3. The smallest absolute Gasteiger partial charge is 0.410 e. The molecule has 202 valence electrons. The molecule has 3 aliphatic rings. The first-order valence-electron chi connectivity index (χ1n) is 13.9. The van der Waals surface area contributed by atoms with Crippen molar-refractivity contribution in [2.75, 3.05) is 31.1 Å². The fourth-order valence-corrected chi connectivity index (χ4v) is 6.13. The zero-order valence-corrected chi connectivity index (χ0v) is 23.1. The van der Waals surface area contributed by atoms with Gasteiger partial charge in [0.1, 0.15) is 17.2 Å². The van der Waals surface area contributed by atoms with Gasteiger partial charge in [0.25, 0.3) is 0 Å². The number of piperidine rings is 1. The van der Waals surface area contributed by atoms with Crippen LogP contribution < -0.4 is 4.90 Å². The van der Waals surface area contributed by atoms with Crippen LogP contribution in [0, 0.1) is 13.8 Å². The van der Waals surface area contributed by atoms with E-state index in [0.717, 1.165) is 67.1 Å². The zero-order chi connectivity index (χ0) is 26.6. The summed E-state index contributed by atoms with van der Waals surface area (Å²) in [5.74, 6) is 2.85. The first-order valence-corrected chi connectivity index (χ1v) is 13.9. The lowest BCUT2D eigenvalue weighted by Crippen LogP contribution is -2.43. The Hall–Kier alpha value is -3.20. The highest BCUT2D eigenvalue weighted by molar-refractivity contribution is 5.82. The van der Waals surface area contributed by atoms with E-state index in [1.807, 2.05) is 43.5 Å². The molecule has 0 saturated carbocycles. The molecule has 6 rings (SSSR count). The van der Waals surface area contributed by atoms with Crippen molar-refractivity contribution < 1.29 is 14.3 Å². The number of aryl methyl sites for hydroxylation is 2. The molecule has 1 aromatic carbocycles. The summed E-state index contributed by atoms with van der Waals surface area (Å²) in [5, 5.41) is 5.84. The topological polar surface area (TPSA) is 85.6 Å². The Labute approximate surface area is 224 Å². The number of carbonyl (C=O) groups is 1. The lowest BCUT2D eigenvalue weighted by molar-refractivity contribution is 0.0204. The summed E-state index contributed by atoms with van der Waals surface area (Å²) in [5.41, 5.74) is 3.15. The van der Waals surface area contributed by atoms with E-state index in [2.05, 4.69) is 30.0 Å². The molecule has 3 aromatic rings. The van der Waals surface area contributed by atoms with Crippen LogP contribution in [0.5, 0.6) is 0 Å². The Morgan fingerprint density at radius 3 is 2.34 bits per heavy atom. The molecule has 9 nitrogen and oxygen atoms in total. The highest BCUT2D eigenvalue weighted by atomic mass is 16.6. The second-order valence-electron chi connectivity index (χ2n) is 12.1. The number of aromatic nitrogens is 4. The van der Waals surface area contributed by atoms with Gasteiger partial charge in [0, 0.05) is 37.6 Å². The fourth-order valence-electron chi connectivity index (χ4n) is 6.13. The molecule has 0 N–H and O–H groups in total. The number of benzene rings is 1. The lowest BCUT2D eigenvalue weighted by atomic mass is 9.86. The number of ether oxygens (including phenoxy) is 2. The van der Waals surface area contributed by atoms with E-state index in [1.165, 1.54) is 11.1 Å². The van der Waals surface area contributed by atoms with Crippen LogP contribution in [0.3, 0.4) is 0 Å². The Balaban J connectivity index is 1.26. The fraction of sp³-hybridized carbons (Fsp3) is 0.586. The third-order valence-corrected chi connectivity index (χ3v) is 7.94. The van der Waals surface area contributed by atoms with Crippen molar-refractivity contribution in [1.82, 2.24) is 24.6 Å². The van der Waals surface area contributed by atoms with Crippen molar-refractivity contribution in [2.45, 2.75) is 84.0 Å². The Morgan fingerprint density at radius 2 is 1.66 bits per heavy atom. The normalized spacial score (nSPS) is 22.3. The van der Waals surface area contributed by atoms with E-state index in [1.54, 1.807) is 0 Å². The van der Waals surface area contributed by atoms with Crippen LogP contribution in [0.25, 0.3) is 16.7 Å². The minimum Gasteiger partial charge on any atom is -0.444 e. The molecule has 0 spiro atoms. The van der Waals surface area contributed by atoms with Gasteiger partial charge in [-0.05, 0) is 89.5 Å². The maximum atomic E-state index is 12.5. The van der Waals surface area contributed by atoms with Crippen molar-refractivity contribution >= 4 is 22.8 Å². The summed E-state index contributed by atoms with van der Waals surface area (Å²) in [6.45, 7) is 13.0. The van der Waals surface area contributed by atoms with E-state index >= 15 is 0 Å². The van der Waals surface area contributed by atoms with Crippen molar-refractivity contribution in [3.8, 4) is 5.82 Å². The van der Waals surface area contributed by atoms with Gasteiger partial charge in [0.15, 0.2) is 5.82 Å². The molecule has 1 amide bonds. The van der Waals surface area contributed by atoms with E-state index in [0.29, 0.717) is 31.2 Å². The molecule has 3 saturated heterocycles. The van der Waals surface area contributed by atoms with Crippen LogP contribution in [0.4, 0.5) is 10.6 Å². The maximum absolute atomic E-state index is 12.5. The van der Waals surface area contributed by atoms with Crippen molar-refractivity contribution in [2.24, 2.45) is 0 Å². The number of amides is 1. The summed E-state index contributed by atoms with van der Waals surface area (Å²) in [4.78, 5) is 26.3. The van der Waals surface area contributed by atoms with Gasteiger partial charge in [-0.3, -0.25) is 0 Å². The Morgan fingerprint density at radius 1 is 0.974 bits per heavy atom. The Kier molecular flexibility index (Phi) is 6.29. The van der Waals surface area contributed by atoms with Crippen LogP contribution in [0.15, 0.2) is 24.4 Å². The molecular weight excluding hydrogens is 480 g/mol. The Bertz CT molecular complexity index is 1340. The number of hydrogen-bond donors (Lipinski definition) is 0. The number of hydrogen-bond acceptors (Lipinski definition) is 7. The summed E-state index contributed by atoms with van der Waals surface area (Å²) in [7, 11) is 0. The zero-order valence-electron chi connectivity index (χ0n) is 23.1. The summed E-state index contributed by atoms with van der Waals surface area (Å²) < 4.78 is 13.6.